The average Bonchev–Trinajstić information content (AvgIpc) is 2.63. The molecule has 0 bridgehead atoms. The van der Waals surface area contributed by atoms with E-state index in [2.05, 4.69) is 15.0 Å². The Morgan fingerprint density at radius 3 is 2.58 bits per heavy atom. The van der Waals surface area contributed by atoms with Crippen LogP contribution in [0.3, 0.4) is 0 Å². The van der Waals surface area contributed by atoms with Gasteiger partial charge in [0, 0.05) is 18.3 Å². The van der Waals surface area contributed by atoms with Crippen molar-refractivity contribution < 1.29 is 32.2 Å². The number of amides is 1. The summed E-state index contributed by atoms with van der Waals surface area (Å²) < 4.78 is 52.0. The van der Waals surface area contributed by atoms with Crippen LogP contribution in [0.15, 0.2) is 36.5 Å². The predicted molar refractivity (Wildman–Crippen MR) is 86.5 cm³/mol. The van der Waals surface area contributed by atoms with E-state index in [1.807, 2.05) is 0 Å². The van der Waals surface area contributed by atoms with Crippen LogP contribution in [-0.4, -0.2) is 37.9 Å². The highest BCUT2D eigenvalue weighted by Crippen LogP contribution is 2.30. The highest BCUT2D eigenvalue weighted by Gasteiger charge is 2.29. The third kappa shape index (κ3) is 5.01. The van der Waals surface area contributed by atoms with Gasteiger partial charge < -0.3 is 19.5 Å². The van der Waals surface area contributed by atoms with Crippen molar-refractivity contribution in [2.75, 3.05) is 20.8 Å². The van der Waals surface area contributed by atoms with Crippen LogP contribution in [0.25, 0.3) is 0 Å². The van der Waals surface area contributed by atoms with E-state index in [0.29, 0.717) is 17.1 Å². The van der Waals surface area contributed by atoms with Gasteiger partial charge in [-0.05, 0) is 18.2 Å². The number of carbonyl (C=O) groups is 1. The normalized spacial score (nSPS) is 11.0. The van der Waals surface area contributed by atoms with Crippen LogP contribution in [0.4, 0.5) is 13.2 Å². The lowest BCUT2D eigenvalue weighted by Crippen LogP contribution is -2.25. The second-order valence-electron chi connectivity index (χ2n) is 5.10. The number of methoxy groups -OCH3 is 2. The summed E-state index contributed by atoms with van der Waals surface area (Å²) in [5.74, 6) is -0.0649. The van der Waals surface area contributed by atoms with Crippen LogP contribution in [0.2, 0.25) is 0 Å². The van der Waals surface area contributed by atoms with Gasteiger partial charge >= 0.3 is 6.18 Å². The van der Waals surface area contributed by atoms with Crippen LogP contribution in [0.1, 0.15) is 15.9 Å². The number of hydrogen-bond acceptors (Lipinski definition) is 5. The number of hydrogen-bond donors (Lipinski definition) is 1. The summed E-state index contributed by atoms with van der Waals surface area (Å²) in [5, 5.41) is 2.60. The number of alkyl halides is 3. The van der Waals surface area contributed by atoms with Crippen molar-refractivity contribution >= 4 is 5.91 Å². The molecule has 1 heterocycles. The second kappa shape index (κ2) is 8.41. The Labute approximate surface area is 147 Å². The van der Waals surface area contributed by atoms with E-state index in [9.17, 15) is 18.0 Å². The molecule has 6 nitrogen and oxygen atoms in total. The van der Waals surface area contributed by atoms with Crippen LogP contribution in [0.5, 0.6) is 17.4 Å². The summed E-state index contributed by atoms with van der Waals surface area (Å²) in [6.07, 6.45) is -3.28. The van der Waals surface area contributed by atoms with Gasteiger partial charge in [-0.15, -0.1) is 0 Å². The number of ether oxygens (including phenoxy) is 3. The number of nitrogens with zero attached hydrogens (tertiary/aromatic N) is 1. The zero-order valence-corrected chi connectivity index (χ0v) is 14.1. The molecular formula is C17H17F3N2O4. The number of para-hydroxylation sites is 1. The molecule has 1 amide bonds. The molecule has 0 spiro atoms. The summed E-state index contributed by atoms with van der Waals surface area (Å²) in [5.41, 5.74) is 0.542. The second-order valence-corrected chi connectivity index (χ2v) is 5.10. The van der Waals surface area contributed by atoms with Gasteiger partial charge in [0.05, 0.1) is 14.2 Å². The zero-order chi connectivity index (χ0) is 19.2. The fourth-order valence-electron chi connectivity index (χ4n) is 2.19. The molecule has 0 saturated carbocycles. The topological polar surface area (TPSA) is 69.7 Å². The van der Waals surface area contributed by atoms with Crippen molar-refractivity contribution in [3.63, 3.8) is 0 Å². The quantitative estimate of drug-likeness (QED) is 0.812. The van der Waals surface area contributed by atoms with Gasteiger partial charge in [0.2, 0.25) is 5.88 Å². The maximum absolute atomic E-state index is 12.3. The zero-order valence-electron chi connectivity index (χ0n) is 14.1. The molecule has 0 aliphatic heterocycles. The monoisotopic (exact) mass is 370 g/mol. The van der Waals surface area contributed by atoms with Crippen LogP contribution >= 0.6 is 0 Å². The van der Waals surface area contributed by atoms with Gasteiger partial charge in [0.1, 0.15) is 5.56 Å². The van der Waals surface area contributed by atoms with Gasteiger partial charge in [-0.3, -0.25) is 4.79 Å². The van der Waals surface area contributed by atoms with Gasteiger partial charge in [-0.2, -0.15) is 13.2 Å². The van der Waals surface area contributed by atoms with Crippen molar-refractivity contribution in [2.45, 2.75) is 12.7 Å². The summed E-state index contributed by atoms with van der Waals surface area (Å²) in [6.45, 7) is -1.46. The van der Waals surface area contributed by atoms with E-state index < -0.39 is 18.7 Å². The molecule has 1 N–H and O–H groups in total. The standard InChI is InChI=1S/C17H17F3N2O4/c1-24-13-7-3-5-11(14(13)25-2)9-22-15(23)12-6-4-8-21-16(12)26-10-17(18,19)20/h3-8H,9-10H2,1-2H3,(H,22,23). The Balaban J connectivity index is 2.12. The molecule has 0 unspecified atom stereocenters. The first-order valence-corrected chi connectivity index (χ1v) is 7.48. The number of rotatable bonds is 7. The first-order valence-electron chi connectivity index (χ1n) is 7.48. The molecule has 0 atom stereocenters. The first-order chi connectivity index (χ1) is 12.4. The van der Waals surface area contributed by atoms with Crippen molar-refractivity contribution in [3.05, 3.63) is 47.7 Å². The summed E-state index contributed by atoms with van der Waals surface area (Å²) in [4.78, 5) is 16.0. The molecule has 2 rings (SSSR count). The van der Waals surface area contributed by atoms with Crippen molar-refractivity contribution in [1.82, 2.24) is 10.3 Å². The molecule has 2 aromatic rings. The molecule has 140 valence electrons. The van der Waals surface area contributed by atoms with Crippen molar-refractivity contribution in [1.29, 1.82) is 0 Å². The Bertz CT molecular complexity index is 766. The minimum atomic E-state index is -4.53. The molecule has 9 heteroatoms. The molecule has 1 aromatic carbocycles. The Morgan fingerprint density at radius 2 is 1.92 bits per heavy atom. The fourth-order valence-corrected chi connectivity index (χ4v) is 2.19. The van der Waals surface area contributed by atoms with Gasteiger partial charge in [0.15, 0.2) is 18.1 Å². The number of carbonyl (C=O) groups excluding carboxylic acids is 1. The van der Waals surface area contributed by atoms with E-state index in [4.69, 9.17) is 9.47 Å². The fraction of sp³-hybridized carbons (Fsp3) is 0.294. The third-order valence-electron chi connectivity index (χ3n) is 3.31. The molecular weight excluding hydrogens is 353 g/mol. The van der Waals surface area contributed by atoms with E-state index in [1.165, 1.54) is 32.5 Å². The van der Waals surface area contributed by atoms with Gasteiger partial charge in [-0.1, -0.05) is 12.1 Å². The number of pyridine rings is 1. The Morgan fingerprint density at radius 1 is 1.15 bits per heavy atom. The number of benzene rings is 1. The lowest BCUT2D eigenvalue weighted by atomic mass is 10.1. The van der Waals surface area contributed by atoms with E-state index in [0.717, 1.165) is 0 Å². The average molecular weight is 370 g/mol. The number of halogens is 3. The minimum absolute atomic E-state index is 0.0762. The molecule has 0 fully saturated rings. The largest absolute Gasteiger partial charge is 0.493 e. The smallest absolute Gasteiger partial charge is 0.422 e. The highest BCUT2D eigenvalue weighted by molar-refractivity contribution is 5.96. The van der Waals surface area contributed by atoms with E-state index >= 15 is 0 Å². The highest BCUT2D eigenvalue weighted by atomic mass is 19.4. The number of aromatic nitrogens is 1. The minimum Gasteiger partial charge on any atom is -0.493 e. The summed E-state index contributed by atoms with van der Waals surface area (Å²) in [6, 6.07) is 7.92. The lowest BCUT2D eigenvalue weighted by molar-refractivity contribution is -0.154. The van der Waals surface area contributed by atoms with Crippen LogP contribution < -0.4 is 19.5 Å². The molecule has 0 aliphatic rings. The molecule has 1 aromatic heterocycles. The van der Waals surface area contributed by atoms with Gasteiger partial charge in [0.25, 0.3) is 5.91 Å². The van der Waals surface area contributed by atoms with Crippen LogP contribution in [-0.2, 0) is 6.54 Å². The molecule has 0 saturated heterocycles. The molecule has 0 aliphatic carbocycles. The van der Waals surface area contributed by atoms with E-state index in [-0.39, 0.29) is 18.0 Å². The Kier molecular flexibility index (Phi) is 6.26. The first kappa shape index (κ1) is 19.4. The molecule has 26 heavy (non-hydrogen) atoms. The van der Waals surface area contributed by atoms with Gasteiger partial charge in [-0.25, -0.2) is 4.98 Å². The third-order valence-corrected chi connectivity index (χ3v) is 3.31. The number of nitrogens with one attached hydrogen (secondary N) is 1. The van der Waals surface area contributed by atoms with Crippen molar-refractivity contribution in [3.8, 4) is 17.4 Å². The summed E-state index contributed by atoms with van der Waals surface area (Å²) in [7, 11) is 2.95. The maximum Gasteiger partial charge on any atom is 0.422 e. The molecule has 0 radical (unpaired) electrons. The predicted octanol–water partition coefficient (Wildman–Crippen LogP) is 2.97. The maximum atomic E-state index is 12.3. The lowest BCUT2D eigenvalue weighted by Gasteiger charge is -2.14. The SMILES string of the molecule is COc1cccc(CNC(=O)c2cccnc2OCC(F)(F)F)c1OC. The van der Waals surface area contributed by atoms with E-state index in [1.54, 1.807) is 18.2 Å². The Hall–Kier alpha value is -2.97. The summed E-state index contributed by atoms with van der Waals surface area (Å²) >= 11 is 0. The van der Waals surface area contributed by atoms with Crippen LogP contribution in [0, 0.1) is 0 Å². The van der Waals surface area contributed by atoms with Crippen molar-refractivity contribution in [2.24, 2.45) is 0 Å².